The van der Waals surface area contributed by atoms with Crippen LogP contribution in [0.3, 0.4) is 0 Å². The molecule has 1 atom stereocenters. The number of sulfone groups is 1. The Kier molecular flexibility index (Phi) is 10.6. The van der Waals surface area contributed by atoms with Crippen LogP contribution in [-0.2, 0) is 25.8 Å². The van der Waals surface area contributed by atoms with E-state index in [1.54, 1.807) is 24.3 Å². The van der Waals surface area contributed by atoms with E-state index in [4.69, 9.17) is 4.74 Å². The quantitative estimate of drug-likeness (QED) is 0.459. The lowest BCUT2D eigenvalue weighted by molar-refractivity contribution is -0.133. The second-order valence-corrected chi connectivity index (χ2v) is 13.3. The lowest BCUT2D eigenvalue weighted by Gasteiger charge is -2.38. The number of hydrogen-bond donors (Lipinski definition) is 1. The Balaban J connectivity index is 1.53. The van der Waals surface area contributed by atoms with Crippen LogP contribution in [-0.4, -0.2) is 74.3 Å². The number of hydrogen-bond acceptors (Lipinski definition) is 6. The summed E-state index contributed by atoms with van der Waals surface area (Å²) < 4.78 is 28.9. The molecule has 9 heteroatoms. The maximum atomic E-state index is 13.1. The van der Waals surface area contributed by atoms with Gasteiger partial charge in [-0.2, -0.15) is 0 Å². The van der Waals surface area contributed by atoms with Crippen LogP contribution in [0.4, 0.5) is 4.79 Å². The minimum Gasteiger partial charge on any atom is -0.444 e. The van der Waals surface area contributed by atoms with Gasteiger partial charge in [-0.1, -0.05) is 42.5 Å². The van der Waals surface area contributed by atoms with Crippen LogP contribution in [0.1, 0.15) is 64.1 Å². The van der Waals surface area contributed by atoms with Crippen molar-refractivity contribution in [2.45, 2.75) is 76.0 Å². The van der Waals surface area contributed by atoms with Gasteiger partial charge in [0, 0.05) is 38.5 Å². The van der Waals surface area contributed by atoms with Crippen molar-refractivity contribution in [3.8, 4) is 0 Å². The van der Waals surface area contributed by atoms with Gasteiger partial charge in [0.1, 0.15) is 5.60 Å². The van der Waals surface area contributed by atoms with Crippen molar-refractivity contribution in [3.63, 3.8) is 0 Å². The standard InChI is InChI=1S/C30H43N3O5S/c1-6-33(28(34)22-23-12-14-26(15-13-23)39(5,36)37)25-16-19-32(20-17-25)21-18-27(24-10-8-7-9-11-24)31-29(35)38-30(2,3)4/h7-15,25,27H,6,16-22H2,1-5H3,(H,31,35)/t27-/m0/s1. The van der Waals surface area contributed by atoms with E-state index in [9.17, 15) is 18.0 Å². The molecule has 214 valence electrons. The molecule has 2 aromatic carbocycles. The van der Waals surface area contributed by atoms with Crippen molar-refractivity contribution in [2.24, 2.45) is 0 Å². The molecule has 1 fully saturated rings. The van der Waals surface area contributed by atoms with Gasteiger partial charge >= 0.3 is 6.09 Å². The van der Waals surface area contributed by atoms with E-state index in [1.807, 2.05) is 62.9 Å². The van der Waals surface area contributed by atoms with Crippen LogP contribution in [0.15, 0.2) is 59.5 Å². The number of nitrogens with one attached hydrogen (secondary N) is 1. The Labute approximate surface area is 233 Å². The molecule has 0 bridgehead atoms. The second-order valence-electron chi connectivity index (χ2n) is 11.2. The average molecular weight is 558 g/mol. The third-order valence-electron chi connectivity index (χ3n) is 6.99. The summed E-state index contributed by atoms with van der Waals surface area (Å²) in [5, 5.41) is 3.04. The maximum absolute atomic E-state index is 13.1. The molecule has 1 heterocycles. The zero-order chi connectivity index (χ0) is 28.6. The molecule has 1 aliphatic rings. The Hall–Kier alpha value is -2.91. The number of piperidine rings is 1. The Morgan fingerprint density at radius 3 is 2.21 bits per heavy atom. The number of amides is 2. The lowest BCUT2D eigenvalue weighted by Crippen LogP contribution is -2.48. The van der Waals surface area contributed by atoms with E-state index in [-0.39, 0.29) is 29.3 Å². The van der Waals surface area contributed by atoms with Crippen LogP contribution in [0.5, 0.6) is 0 Å². The number of nitrogens with zero attached hydrogens (tertiary/aromatic N) is 2. The first-order valence-corrected chi connectivity index (χ1v) is 15.6. The number of carbonyl (C=O) groups excluding carboxylic acids is 2. The molecular formula is C30H43N3O5S. The van der Waals surface area contributed by atoms with E-state index in [1.165, 1.54) is 6.26 Å². The van der Waals surface area contributed by atoms with Crippen molar-refractivity contribution < 1.29 is 22.7 Å². The highest BCUT2D eigenvalue weighted by molar-refractivity contribution is 7.90. The van der Waals surface area contributed by atoms with Crippen LogP contribution in [0, 0.1) is 0 Å². The van der Waals surface area contributed by atoms with Crippen molar-refractivity contribution >= 4 is 21.8 Å². The molecule has 0 aliphatic carbocycles. The topological polar surface area (TPSA) is 96.0 Å². The number of likely N-dealkylation sites (tertiary alicyclic amines) is 1. The molecule has 0 unspecified atom stereocenters. The molecule has 0 spiro atoms. The summed E-state index contributed by atoms with van der Waals surface area (Å²) in [5.74, 6) is 0.0637. The van der Waals surface area contributed by atoms with Gasteiger partial charge in [-0.15, -0.1) is 0 Å². The SMILES string of the molecule is CCN(C(=O)Cc1ccc(S(C)(=O)=O)cc1)C1CCN(CC[C@H](NC(=O)OC(C)(C)C)c2ccccc2)CC1. The van der Waals surface area contributed by atoms with Crippen LogP contribution in [0.25, 0.3) is 0 Å². The highest BCUT2D eigenvalue weighted by Crippen LogP contribution is 2.22. The Morgan fingerprint density at radius 2 is 1.67 bits per heavy atom. The number of ether oxygens (including phenoxy) is 1. The predicted octanol–water partition coefficient (Wildman–Crippen LogP) is 4.60. The first-order valence-electron chi connectivity index (χ1n) is 13.7. The van der Waals surface area contributed by atoms with Gasteiger partial charge in [0.05, 0.1) is 17.4 Å². The summed E-state index contributed by atoms with van der Waals surface area (Å²) in [5.41, 5.74) is 1.30. The van der Waals surface area contributed by atoms with E-state index in [2.05, 4.69) is 10.2 Å². The highest BCUT2D eigenvalue weighted by Gasteiger charge is 2.28. The fourth-order valence-electron chi connectivity index (χ4n) is 4.99. The van der Waals surface area contributed by atoms with Gasteiger partial charge in [0.25, 0.3) is 0 Å². The van der Waals surface area contributed by atoms with Gasteiger partial charge in [0.15, 0.2) is 9.84 Å². The molecule has 8 nitrogen and oxygen atoms in total. The van der Waals surface area contributed by atoms with E-state index in [0.717, 1.165) is 50.0 Å². The normalized spacial score (nSPS) is 15.9. The third-order valence-corrected chi connectivity index (χ3v) is 8.12. The van der Waals surface area contributed by atoms with E-state index >= 15 is 0 Å². The minimum absolute atomic E-state index is 0.0637. The molecule has 2 amide bonds. The smallest absolute Gasteiger partial charge is 0.408 e. The molecule has 0 saturated carbocycles. The molecule has 0 aromatic heterocycles. The van der Waals surface area contributed by atoms with Crippen molar-refractivity contribution in [1.82, 2.24) is 15.1 Å². The minimum atomic E-state index is -3.26. The van der Waals surface area contributed by atoms with Gasteiger partial charge in [-0.25, -0.2) is 13.2 Å². The Morgan fingerprint density at radius 1 is 1.05 bits per heavy atom. The van der Waals surface area contributed by atoms with E-state index < -0.39 is 21.5 Å². The summed E-state index contributed by atoms with van der Waals surface area (Å²) in [4.78, 5) is 30.2. The molecular weight excluding hydrogens is 514 g/mol. The first kappa shape index (κ1) is 30.6. The second kappa shape index (κ2) is 13.4. The Bertz CT molecular complexity index is 1190. The number of alkyl carbamates (subject to hydrolysis) is 1. The zero-order valence-corrected chi connectivity index (χ0v) is 24.7. The van der Waals surface area contributed by atoms with Crippen molar-refractivity contribution in [1.29, 1.82) is 0 Å². The summed E-state index contributed by atoms with van der Waals surface area (Å²) in [6, 6.07) is 16.5. The summed E-state index contributed by atoms with van der Waals surface area (Å²) >= 11 is 0. The largest absolute Gasteiger partial charge is 0.444 e. The van der Waals surface area contributed by atoms with E-state index in [0.29, 0.717) is 6.54 Å². The highest BCUT2D eigenvalue weighted by atomic mass is 32.2. The van der Waals surface area contributed by atoms with Crippen LogP contribution >= 0.6 is 0 Å². The number of carbonyl (C=O) groups is 2. The van der Waals surface area contributed by atoms with Crippen LogP contribution in [0.2, 0.25) is 0 Å². The monoisotopic (exact) mass is 557 g/mol. The van der Waals surface area contributed by atoms with Crippen molar-refractivity contribution in [3.05, 3.63) is 65.7 Å². The molecule has 1 saturated heterocycles. The third kappa shape index (κ3) is 9.65. The predicted molar refractivity (Wildman–Crippen MR) is 153 cm³/mol. The molecule has 0 radical (unpaired) electrons. The summed E-state index contributed by atoms with van der Waals surface area (Å²) in [7, 11) is -3.26. The van der Waals surface area contributed by atoms with Crippen molar-refractivity contribution in [2.75, 3.05) is 32.4 Å². The van der Waals surface area contributed by atoms with Crippen LogP contribution < -0.4 is 5.32 Å². The lowest BCUT2D eigenvalue weighted by atomic mass is 10.00. The van der Waals surface area contributed by atoms with Gasteiger partial charge in [-0.3, -0.25) is 4.79 Å². The molecule has 3 rings (SSSR count). The molecule has 2 aromatic rings. The number of rotatable bonds is 10. The first-order chi connectivity index (χ1) is 18.4. The van der Waals surface area contributed by atoms with Gasteiger partial charge in [0.2, 0.25) is 5.91 Å². The zero-order valence-electron chi connectivity index (χ0n) is 23.9. The molecule has 1 aliphatic heterocycles. The fourth-order valence-corrected chi connectivity index (χ4v) is 5.62. The maximum Gasteiger partial charge on any atom is 0.408 e. The fraction of sp³-hybridized carbons (Fsp3) is 0.533. The average Bonchev–Trinajstić information content (AvgIpc) is 2.87. The molecule has 1 N–H and O–H groups in total. The number of likely N-dealkylation sites (N-methyl/N-ethyl adjacent to an activating group) is 1. The molecule has 39 heavy (non-hydrogen) atoms. The summed E-state index contributed by atoms with van der Waals surface area (Å²) in [6.07, 6.45) is 3.56. The van der Waals surface area contributed by atoms with Gasteiger partial charge < -0.3 is 19.9 Å². The number of benzene rings is 2. The van der Waals surface area contributed by atoms with Gasteiger partial charge in [-0.05, 0) is 70.2 Å². The summed E-state index contributed by atoms with van der Waals surface area (Å²) in [6.45, 7) is 10.8.